The first-order valence-electron chi connectivity index (χ1n) is 8.55. The van der Waals surface area contributed by atoms with Crippen molar-refractivity contribution in [2.45, 2.75) is 51.9 Å². The van der Waals surface area contributed by atoms with Gasteiger partial charge >= 0.3 is 0 Å². The number of ether oxygens (including phenoxy) is 1. The molecule has 2 rings (SSSR count). The molecule has 0 aromatic heterocycles. The van der Waals surface area contributed by atoms with E-state index in [-0.39, 0.29) is 5.41 Å². The van der Waals surface area contributed by atoms with Crippen molar-refractivity contribution < 1.29 is 4.74 Å². The Morgan fingerprint density at radius 2 is 2.10 bits per heavy atom. The maximum atomic E-state index is 5.68. The van der Waals surface area contributed by atoms with Crippen molar-refractivity contribution in [3.8, 4) is 0 Å². The highest BCUT2D eigenvalue weighted by Crippen LogP contribution is 2.39. The minimum absolute atomic E-state index is 0.263. The van der Waals surface area contributed by atoms with E-state index in [2.05, 4.69) is 50.4 Å². The van der Waals surface area contributed by atoms with Gasteiger partial charge in [-0.25, -0.2) is 0 Å². The number of aryl methyl sites for hydroxylation is 1. The molecule has 1 atom stereocenters. The van der Waals surface area contributed by atoms with Crippen LogP contribution in [-0.4, -0.2) is 26.3 Å². The Morgan fingerprint density at radius 1 is 1.29 bits per heavy atom. The highest BCUT2D eigenvalue weighted by atomic mass is 16.5. The van der Waals surface area contributed by atoms with Gasteiger partial charge in [0.15, 0.2) is 0 Å². The summed E-state index contributed by atoms with van der Waals surface area (Å²) >= 11 is 0. The predicted octanol–water partition coefficient (Wildman–Crippen LogP) is 3.93. The second kappa shape index (κ2) is 7.95. The Kier molecular flexibility index (Phi) is 6.25. The van der Waals surface area contributed by atoms with Gasteiger partial charge in [0, 0.05) is 25.2 Å². The molecule has 1 aliphatic rings. The zero-order valence-electron chi connectivity index (χ0n) is 14.0. The Balaban J connectivity index is 2.15. The fraction of sp³-hybridized carbons (Fsp3) is 0.684. The van der Waals surface area contributed by atoms with Crippen LogP contribution in [0.1, 0.15) is 51.2 Å². The molecule has 0 radical (unpaired) electrons. The summed E-state index contributed by atoms with van der Waals surface area (Å²) in [6.45, 7) is 10.5. The van der Waals surface area contributed by atoms with Gasteiger partial charge < -0.3 is 10.1 Å². The number of hydrogen-bond acceptors (Lipinski definition) is 2. The lowest BCUT2D eigenvalue weighted by Gasteiger charge is -2.40. The third-order valence-electron chi connectivity index (χ3n) is 4.64. The number of nitrogens with one attached hydrogen (secondary N) is 1. The van der Waals surface area contributed by atoms with Crippen LogP contribution in [-0.2, 0) is 16.6 Å². The summed E-state index contributed by atoms with van der Waals surface area (Å²) in [4.78, 5) is 0. The van der Waals surface area contributed by atoms with E-state index in [0.717, 1.165) is 32.7 Å². The van der Waals surface area contributed by atoms with Gasteiger partial charge in [0.2, 0.25) is 0 Å². The van der Waals surface area contributed by atoms with E-state index in [9.17, 15) is 0 Å². The number of hydrogen-bond donors (Lipinski definition) is 1. The fourth-order valence-corrected chi connectivity index (χ4v) is 3.55. The molecule has 0 amide bonds. The van der Waals surface area contributed by atoms with Crippen molar-refractivity contribution in [2.75, 3.05) is 26.3 Å². The van der Waals surface area contributed by atoms with Gasteiger partial charge in [-0.1, -0.05) is 38.1 Å². The van der Waals surface area contributed by atoms with Crippen LogP contribution in [0.5, 0.6) is 0 Å². The molecule has 1 aliphatic carbocycles. The molecule has 2 heteroatoms. The van der Waals surface area contributed by atoms with Crippen LogP contribution < -0.4 is 5.32 Å². The molecule has 1 aromatic carbocycles. The molecule has 1 unspecified atom stereocenters. The van der Waals surface area contributed by atoms with Crippen LogP contribution in [0, 0.1) is 5.92 Å². The lowest BCUT2D eigenvalue weighted by Crippen LogP contribution is -2.42. The van der Waals surface area contributed by atoms with Gasteiger partial charge in [0.1, 0.15) is 0 Å². The molecule has 0 aliphatic heterocycles. The van der Waals surface area contributed by atoms with Crippen molar-refractivity contribution >= 4 is 0 Å². The van der Waals surface area contributed by atoms with Crippen molar-refractivity contribution in [1.29, 1.82) is 0 Å². The van der Waals surface area contributed by atoms with Crippen LogP contribution in [0.4, 0.5) is 0 Å². The molecule has 0 saturated heterocycles. The molecule has 0 fully saturated rings. The molecule has 21 heavy (non-hydrogen) atoms. The highest BCUT2D eigenvalue weighted by Gasteiger charge is 2.35. The smallest absolute Gasteiger partial charge is 0.0474 e. The molecular weight excluding hydrogens is 258 g/mol. The van der Waals surface area contributed by atoms with Crippen LogP contribution in [0.15, 0.2) is 24.3 Å². The zero-order valence-corrected chi connectivity index (χ0v) is 14.0. The predicted molar refractivity (Wildman–Crippen MR) is 89.9 cm³/mol. The summed E-state index contributed by atoms with van der Waals surface area (Å²) in [5, 5.41) is 3.71. The van der Waals surface area contributed by atoms with Crippen LogP contribution in [0.3, 0.4) is 0 Å². The van der Waals surface area contributed by atoms with Gasteiger partial charge in [0.05, 0.1) is 0 Å². The van der Waals surface area contributed by atoms with Crippen molar-refractivity contribution in [1.82, 2.24) is 5.32 Å². The molecule has 1 aromatic rings. The minimum Gasteiger partial charge on any atom is -0.382 e. The average molecular weight is 289 g/mol. The lowest BCUT2D eigenvalue weighted by atomic mass is 9.68. The summed E-state index contributed by atoms with van der Waals surface area (Å²) in [5.41, 5.74) is 3.37. The average Bonchev–Trinajstić information content (AvgIpc) is 2.48. The molecule has 0 spiro atoms. The molecule has 118 valence electrons. The second-order valence-electron chi connectivity index (χ2n) is 6.76. The van der Waals surface area contributed by atoms with Crippen molar-refractivity contribution in [3.05, 3.63) is 35.4 Å². The monoisotopic (exact) mass is 289 g/mol. The number of benzene rings is 1. The first-order chi connectivity index (χ1) is 10.2. The summed E-state index contributed by atoms with van der Waals surface area (Å²) < 4.78 is 5.68. The molecular formula is C19H31NO. The maximum absolute atomic E-state index is 5.68. The second-order valence-corrected chi connectivity index (χ2v) is 6.76. The van der Waals surface area contributed by atoms with E-state index >= 15 is 0 Å². The first-order valence-corrected chi connectivity index (χ1v) is 8.55. The number of rotatable bonds is 8. The Bertz CT molecular complexity index is 429. The van der Waals surface area contributed by atoms with Gasteiger partial charge in [-0.05, 0) is 56.2 Å². The van der Waals surface area contributed by atoms with Crippen LogP contribution in [0.2, 0.25) is 0 Å². The van der Waals surface area contributed by atoms with Crippen molar-refractivity contribution in [3.63, 3.8) is 0 Å². The van der Waals surface area contributed by atoms with Gasteiger partial charge in [-0.3, -0.25) is 0 Å². The topological polar surface area (TPSA) is 21.3 Å². The Morgan fingerprint density at radius 3 is 2.86 bits per heavy atom. The Hall–Kier alpha value is -0.860. The van der Waals surface area contributed by atoms with E-state index in [4.69, 9.17) is 4.74 Å². The van der Waals surface area contributed by atoms with Gasteiger partial charge in [0.25, 0.3) is 0 Å². The quantitative estimate of drug-likeness (QED) is 0.732. The molecule has 0 heterocycles. The van der Waals surface area contributed by atoms with E-state index < -0.39 is 0 Å². The molecule has 1 N–H and O–H groups in total. The van der Waals surface area contributed by atoms with Crippen molar-refractivity contribution in [2.24, 2.45) is 5.92 Å². The normalized spacial score (nSPS) is 21.5. The third-order valence-corrected chi connectivity index (χ3v) is 4.64. The molecule has 0 saturated carbocycles. The lowest BCUT2D eigenvalue weighted by molar-refractivity contribution is 0.118. The summed E-state index contributed by atoms with van der Waals surface area (Å²) in [6, 6.07) is 9.03. The van der Waals surface area contributed by atoms with E-state index in [1.165, 1.54) is 19.3 Å². The summed E-state index contributed by atoms with van der Waals surface area (Å²) in [5.74, 6) is 0.702. The fourth-order valence-electron chi connectivity index (χ4n) is 3.55. The Labute approximate surface area is 130 Å². The van der Waals surface area contributed by atoms with Crippen LogP contribution in [0.25, 0.3) is 0 Å². The van der Waals surface area contributed by atoms with Gasteiger partial charge in [-0.15, -0.1) is 0 Å². The molecule has 2 nitrogen and oxygen atoms in total. The van der Waals surface area contributed by atoms with Crippen LogP contribution >= 0.6 is 0 Å². The first kappa shape index (κ1) is 16.5. The largest absolute Gasteiger partial charge is 0.382 e. The minimum atomic E-state index is 0.263. The number of fused-ring (bicyclic) bond motifs is 1. The molecule has 0 bridgehead atoms. The van der Waals surface area contributed by atoms with E-state index in [1.54, 1.807) is 11.1 Å². The maximum Gasteiger partial charge on any atom is 0.0474 e. The van der Waals surface area contributed by atoms with Gasteiger partial charge in [-0.2, -0.15) is 0 Å². The van der Waals surface area contributed by atoms with E-state index in [1.807, 2.05) is 0 Å². The van der Waals surface area contributed by atoms with E-state index in [0.29, 0.717) is 5.92 Å². The summed E-state index contributed by atoms with van der Waals surface area (Å²) in [6.07, 6.45) is 4.94. The summed E-state index contributed by atoms with van der Waals surface area (Å²) in [7, 11) is 0. The standard InChI is InChI=1S/C19H31NO/c1-4-21-13-12-19(15-20-14-16(2)3)11-7-9-17-8-5-6-10-18(17)19/h5-6,8,10,16,20H,4,7,9,11-15H2,1-3H3. The SMILES string of the molecule is CCOCCC1(CNCC(C)C)CCCc2ccccc21. The zero-order chi connectivity index (χ0) is 15.1. The highest BCUT2D eigenvalue weighted by molar-refractivity contribution is 5.37. The third kappa shape index (κ3) is 4.31.